The number of hydrogen-bond donors (Lipinski definition) is 0. The average Bonchev–Trinajstić information content (AvgIpc) is 3.30. The molecular formula is C16H26O4. The predicted molar refractivity (Wildman–Crippen MR) is 73.0 cm³/mol. The highest BCUT2D eigenvalue weighted by atomic mass is 17.2. The molecule has 0 aromatic carbocycles. The van der Waals surface area contributed by atoms with Gasteiger partial charge in [-0.15, -0.1) is 0 Å². The maximum absolute atomic E-state index is 5.60. The monoisotopic (exact) mass is 282 g/mol. The van der Waals surface area contributed by atoms with Gasteiger partial charge >= 0.3 is 0 Å². The van der Waals surface area contributed by atoms with E-state index < -0.39 is 0 Å². The lowest BCUT2D eigenvalue weighted by molar-refractivity contribution is -0.312. The van der Waals surface area contributed by atoms with Crippen molar-refractivity contribution in [1.29, 1.82) is 0 Å². The van der Waals surface area contributed by atoms with Crippen LogP contribution in [-0.4, -0.2) is 37.6 Å². The van der Waals surface area contributed by atoms with Crippen LogP contribution in [0.3, 0.4) is 0 Å². The van der Waals surface area contributed by atoms with E-state index in [9.17, 15) is 0 Å². The van der Waals surface area contributed by atoms with Gasteiger partial charge in [0.25, 0.3) is 0 Å². The van der Waals surface area contributed by atoms with E-state index in [2.05, 4.69) is 13.8 Å². The van der Waals surface area contributed by atoms with Gasteiger partial charge in [0.05, 0.1) is 37.6 Å². The Hall–Kier alpha value is -0.160. The highest BCUT2D eigenvalue weighted by Crippen LogP contribution is 2.43. The first kappa shape index (κ1) is 13.5. The van der Waals surface area contributed by atoms with Gasteiger partial charge in [0.2, 0.25) is 0 Å². The fourth-order valence-electron chi connectivity index (χ4n) is 4.10. The second-order valence-corrected chi connectivity index (χ2v) is 7.41. The van der Waals surface area contributed by atoms with Crippen molar-refractivity contribution in [1.82, 2.24) is 0 Å². The summed E-state index contributed by atoms with van der Waals surface area (Å²) in [5, 5.41) is 0. The molecule has 0 amide bonds. The van der Waals surface area contributed by atoms with E-state index in [1.54, 1.807) is 0 Å². The van der Waals surface area contributed by atoms with Gasteiger partial charge in [-0.25, -0.2) is 9.78 Å². The van der Waals surface area contributed by atoms with E-state index in [1.807, 2.05) is 0 Å². The van der Waals surface area contributed by atoms with Crippen molar-refractivity contribution in [2.75, 3.05) is 13.2 Å². The molecule has 8 atom stereocenters. The van der Waals surface area contributed by atoms with E-state index >= 15 is 0 Å². The number of ether oxygens (including phenoxy) is 2. The predicted octanol–water partition coefficient (Wildman–Crippen LogP) is 2.56. The van der Waals surface area contributed by atoms with E-state index in [0.717, 1.165) is 26.1 Å². The topological polar surface area (TPSA) is 43.5 Å². The van der Waals surface area contributed by atoms with Gasteiger partial charge in [0.15, 0.2) is 0 Å². The Kier molecular flexibility index (Phi) is 3.53. The minimum atomic E-state index is 0.516. The highest BCUT2D eigenvalue weighted by Gasteiger charge is 2.48. The van der Waals surface area contributed by atoms with Crippen molar-refractivity contribution < 1.29 is 19.2 Å². The van der Waals surface area contributed by atoms with Crippen molar-refractivity contribution in [2.45, 2.75) is 63.9 Å². The number of epoxide rings is 2. The Labute approximate surface area is 121 Å². The minimum Gasteiger partial charge on any atom is -0.370 e. The largest absolute Gasteiger partial charge is 0.370 e. The lowest BCUT2D eigenvalue weighted by Gasteiger charge is -2.27. The summed E-state index contributed by atoms with van der Waals surface area (Å²) in [6.45, 7) is 6.05. The van der Waals surface area contributed by atoms with Crippen LogP contribution in [0, 0.1) is 23.7 Å². The maximum atomic E-state index is 5.60. The summed E-state index contributed by atoms with van der Waals surface area (Å²) >= 11 is 0. The van der Waals surface area contributed by atoms with Gasteiger partial charge in [0, 0.05) is 0 Å². The zero-order valence-corrected chi connectivity index (χ0v) is 12.5. The maximum Gasteiger partial charge on any atom is 0.0854 e. The van der Waals surface area contributed by atoms with Crippen molar-refractivity contribution in [3.05, 3.63) is 0 Å². The first-order valence-electron chi connectivity index (χ1n) is 8.26. The van der Waals surface area contributed by atoms with Gasteiger partial charge in [-0.05, 0) is 49.4 Å². The molecule has 0 bridgehead atoms. The molecule has 4 fully saturated rings. The third kappa shape index (κ3) is 2.76. The smallest absolute Gasteiger partial charge is 0.0854 e. The summed E-state index contributed by atoms with van der Waals surface area (Å²) in [5.74, 6) is 2.57. The van der Waals surface area contributed by atoms with Crippen molar-refractivity contribution in [3.8, 4) is 0 Å². The number of rotatable bonds is 5. The standard InChI is InChI=1S/C16H26O4/c1-9-3-13-15(19-13)5-11(9)7-17-18-8-12-6-16-14(20-16)4-10(12)2/h9-16H,3-8H2,1-2H3. The van der Waals surface area contributed by atoms with Gasteiger partial charge in [-0.1, -0.05) is 13.8 Å². The SMILES string of the molecule is CC1CC2OC2CC1COOCC1CC2OC2CC1C. The molecule has 0 aromatic heterocycles. The van der Waals surface area contributed by atoms with Crippen LogP contribution in [-0.2, 0) is 19.2 Å². The molecular weight excluding hydrogens is 256 g/mol. The van der Waals surface area contributed by atoms with E-state index in [1.165, 1.54) is 12.8 Å². The molecule has 2 aliphatic carbocycles. The number of fused-ring (bicyclic) bond motifs is 2. The molecule has 2 aliphatic heterocycles. The first-order chi connectivity index (χ1) is 9.70. The molecule has 0 aromatic rings. The molecule has 114 valence electrons. The normalized spacial score (nSPS) is 53.1. The van der Waals surface area contributed by atoms with E-state index in [0.29, 0.717) is 48.1 Å². The molecule has 4 nitrogen and oxygen atoms in total. The fourth-order valence-corrected chi connectivity index (χ4v) is 4.10. The van der Waals surface area contributed by atoms with Crippen LogP contribution in [0.15, 0.2) is 0 Å². The van der Waals surface area contributed by atoms with Crippen LogP contribution in [0.25, 0.3) is 0 Å². The molecule has 8 unspecified atom stereocenters. The van der Waals surface area contributed by atoms with Crippen molar-refractivity contribution >= 4 is 0 Å². The summed E-state index contributed by atoms with van der Waals surface area (Å²) in [7, 11) is 0. The Morgan fingerprint density at radius 2 is 1.10 bits per heavy atom. The van der Waals surface area contributed by atoms with Crippen LogP contribution in [0.4, 0.5) is 0 Å². The van der Waals surface area contributed by atoms with E-state index in [-0.39, 0.29) is 0 Å². The quantitative estimate of drug-likeness (QED) is 0.336. The van der Waals surface area contributed by atoms with Gasteiger partial charge in [-0.2, -0.15) is 0 Å². The van der Waals surface area contributed by atoms with Crippen LogP contribution < -0.4 is 0 Å². The van der Waals surface area contributed by atoms with Gasteiger partial charge in [-0.3, -0.25) is 0 Å². The molecule has 4 heteroatoms. The molecule has 0 N–H and O–H groups in total. The lowest BCUT2D eigenvalue weighted by atomic mass is 9.81. The molecule has 20 heavy (non-hydrogen) atoms. The molecule has 0 spiro atoms. The third-order valence-corrected chi connectivity index (χ3v) is 5.91. The molecule has 4 rings (SSSR count). The second-order valence-electron chi connectivity index (χ2n) is 7.41. The minimum absolute atomic E-state index is 0.516. The second kappa shape index (κ2) is 5.24. The Bertz CT molecular complexity index is 326. The zero-order chi connectivity index (χ0) is 13.7. The summed E-state index contributed by atoms with van der Waals surface area (Å²) in [6, 6.07) is 0. The number of hydrogen-bond acceptors (Lipinski definition) is 4. The van der Waals surface area contributed by atoms with Crippen LogP contribution in [0.2, 0.25) is 0 Å². The molecule has 2 saturated heterocycles. The lowest BCUT2D eigenvalue weighted by Crippen LogP contribution is -2.28. The van der Waals surface area contributed by atoms with Crippen molar-refractivity contribution in [2.24, 2.45) is 23.7 Å². The summed E-state index contributed by atoms with van der Waals surface area (Å²) in [4.78, 5) is 11.0. The summed E-state index contributed by atoms with van der Waals surface area (Å²) in [5.41, 5.74) is 0. The average molecular weight is 282 g/mol. The van der Waals surface area contributed by atoms with Crippen LogP contribution in [0.1, 0.15) is 39.5 Å². The third-order valence-electron chi connectivity index (χ3n) is 5.91. The zero-order valence-electron chi connectivity index (χ0n) is 12.5. The molecule has 0 radical (unpaired) electrons. The molecule has 2 heterocycles. The van der Waals surface area contributed by atoms with Crippen LogP contribution >= 0.6 is 0 Å². The fraction of sp³-hybridized carbons (Fsp3) is 1.00. The highest BCUT2D eigenvalue weighted by molar-refractivity contribution is 4.95. The Balaban J connectivity index is 1.16. The molecule has 2 saturated carbocycles. The Morgan fingerprint density at radius 1 is 0.700 bits per heavy atom. The summed E-state index contributed by atoms with van der Waals surface area (Å²) in [6.07, 6.45) is 6.81. The first-order valence-corrected chi connectivity index (χ1v) is 8.26. The Morgan fingerprint density at radius 3 is 1.55 bits per heavy atom. The molecule has 4 aliphatic rings. The van der Waals surface area contributed by atoms with Gasteiger partial charge < -0.3 is 9.47 Å². The van der Waals surface area contributed by atoms with Crippen LogP contribution in [0.5, 0.6) is 0 Å². The van der Waals surface area contributed by atoms with E-state index in [4.69, 9.17) is 19.2 Å². The van der Waals surface area contributed by atoms with Crippen molar-refractivity contribution in [3.63, 3.8) is 0 Å². The summed E-state index contributed by atoms with van der Waals surface area (Å²) < 4.78 is 11.2. The van der Waals surface area contributed by atoms with Gasteiger partial charge in [0.1, 0.15) is 0 Å².